The van der Waals surface area contributed by atoms with E-state index in [1.165, 1.54) is 44.5 Å². The molecule has 242 valence electrons. The summed E-state index contributed by atoms with van der Waals surface area (Å²) in [7, 11) is 0. The number of fused-ring (bicyclic) bond motifs is 2. The van der Waals surface area contributed by atoms with E-state index in [4.69, 9.17) is 0 Å². The van der Waals surface area contributed by atoms with E-state index < -0.39 is 17.4 Å². The van der Waals surface area contributed by atoms with Crippen LogP contribution in [0.3, 0.4) is 0 Å². The zero-order valence-corrected chi connectivity index (χ0v) is 34.7. The summed E-state index contributed by atoms with van der Waals surface area (Å²) in [6.45, 7) is 18.9. The van der Waals surface area contributed by atoms with Crippen molar-refractivity contribution in [3.8, 4) is 22.3 Å². The maximum atomic E-state index is 2.78. The van der Waals surface area contributed by atoms with E-state index in [0.29, 0.717) is 13.2 Å². The molecule has 2 aliphatic rings. The van der Waals surface area contributed by atoms with Crippen LogP contribution in [0.2, 0.25) is 9.26 Å². The van der Waals surface area contributed by atoms with Crippen molar-refractivity contribution in [2.45, 2.75) is 76.8 Å². The van der Waals surface area contributed by atoms with Crippen LogP contribution in [-0.2, 0) is 29.2 Å². The fourth-order valence-electron chi connectivity index (χ4n) is 8.56. The zero-order valence-electron chi connectivity index (χ0n) is 29.2. The molecule has 0 aromatic heterocycles. The molecule has 0 spiro atoms. The summed E-state index contributed by atoms with van der Waals surface area (Å²) < 4.78 is 6.59. The molecule has 0 bridgehead atoms. The van der Waals surface area contributed by atoms with Gasteiger partial charge in [-0.15, -0.1) is 24.8 Å². The second kappa shape index (κ2) is 13.2. The Hall–Kier alpha value is -1.96. The van der Waals surface area contributed by atoms with Crippen LogP contribution in [-0.4, -0.2) is 6.88 Å². The van der Waals surface area contributed by atoms with Gasteiger partial charge >= 0.3 is 271 Å². The summed E-state index contributed by atoms with van der Waals surface area (Å²) in [6, 6.07) is 32.6. The van der Waals surface area contributed by atoms with Gasteiger partial charge in [0.25, 0.3) is 0 Å². The maximum absolute atomic E-state index is 3.67. The fourth-order valence-corrected chi connectivity index (χ4v) is 29.1. The van der Waals surface area contributed by atoms with Crippen molar-refractivity contribution in [2.24, 2.45) is 5.92 Å². The molecule has 0 heterocycles. The number of hydrogen-bond acceptors (Lipinski definition) is 0. The Morgan fingerprint density at radius 1 is 0.717 bits per heavy atom. The minimum atomic E-state index is -3.67. The maximum Gasteiger partial charge on any atom is -0.147 e. The van der Waals surface area contributed by atoms with Crippen LogP contribution in [0.25, 0.3) is 34.4 Å². The number of allylic oxidation sites excluding steroid dienone is 2. The molecule has 6 rings (SSSR count). The van der Waals surface area contributed by atoms with E-state index in [1.54, 1.807) is 22.3 Å². The standard InChI is InChI=1S/C22H25.C18H17.2CH3.2ClH.H2Si.Zr/c1-15(2)18-13-17-7-6-8-20(21(17)14-18)16-9-11-19(12-10-16)22(3,4)5;1-3-14-11-16-9-13(2)10-17(16)18(12-14)15-7-5-4-6-8-15;;;;;;/h6-15H,1-5H3;4-12H,3H2,1-2H3;2*1H3;2*1H;1H2;. The summed E-state index contributed by atoms with van der Waals surface area (Å²) in [4.78, 5) is 0. The average molecular weight is 747 g/mol. The molecule has 2 aliphatic carbocycles. The third-order valence-corrected chi connectivity index (χ3v) is 28.2. The first-order valence-corrected chi connectivity index (χ1v) is 30.3. The number of halogens is 2. The molecule has 4 aromatic rings. The first kappa shape index (κ1) is 36.9. The molecule has 0 aliphatic heterocycles. The molecule has 0 amide bonds. The largest absolute Gasteiger partial charge is 0.147 e. The van der Waals surface area contributed by atoms with Crippen molar-refractivity contribution in [2.75, 3.05) is 0 Å². The van der Waals surface area contributed by atoms with Gasteiger partial charge in [0.1, 0.15) is 0 Å². The molecule has 4 heteroatoms. The van der Waals surface area contributed by atoms with E-state index >= 15 is 0 Å². The Labute approximate surface area is 293 Å². The molecule has 4 aromatic carbocycles. The monoisotopic (exact) mass is 744 g/mol. The Bertz CT molecular complexity index is 1880. The van der Waals surface area contributed by atoms with Crippen molar-refractivity contribution in [3.63, 3.8) is 0 Å². The van der Waals surface area contributed by atoms with Crippen molar-refractivity contribution in [1.29, 1.82) is 0 Å². The number of benzene rings is 4. The van der Waals surface area contributed by atoms with Gasteiger partial charge in [0.05, 0.1) is 0 Å². The number of aryl methyl sites for hydroxylation is 1. The Kier molecular flexibility index (Phi) is 10.5. The third-order valence-electron chi connectivity index (χ3n) is 10.6. The van der Waals surface area contributed by atoms with Crippen molar-refractivity contribution >= 4 is 43.8 Å². The van der Waals surface area contributed by atoms with Gasteiger partial charge in [0.15, 0.2) is 0 Å². The van der Waals surface area contributed by atoms with Crippen LogP contribution >= 0.6 is 24.8 Å². The van der Waals surface area contributed by atoms with Crippen molar-refractivity contribution in [1.82, 2.24) is 0 Å². The summed E-state index contributed by atoms with van der Waals surface area (Å²) in [5.41, 5.74) is 17.8. The van der Waals surface area contributed by atoms with E-state index in [0.717, 1.165) is 6.42 Å². The molecule has 0 saturated carbocycles. The van der Waals surface area contributed by atoms with Gasteiger partial charge in [-0.25, -0.2) is 0 Å². The van der Waals surface area contributed by atoms with E-state index in [2.05, 4.69) is 162 Å². The van der Waals surface area contributed by atoms with Crippen LogP contribution in [0.1, 0.15) is 89.1 Å². The van der Waals surface area contributed by atoms with Crippen molar-refractivity contribution < 1.29 is 17.4 Å². The molecular weight excluding hydrogens is 695 g/mol. The van der Waals surface area contributed by atoms with Crippen LogP contribution in [0.5, 0.6) is 0 Å². The fraction of sp³-hybridized carbons (Fsp3) is 0.333. The predicted octanol–water partition coefficient (Wildman–Crippen LogP) is 12.3. The van der Waals surface area contributed by atoms with E-state index in [-0.39, 0.29) is 30.2 Å². The normalized spacial score (nSPS) is 17.5. The predicted molar refractivity (Wildman–Crippen MR) is 209 cm³/mol. The topological polar surface area (TPSA) is 0 Å². The molecule has 2 unspecified atom stereocenters. The summed E-state index contributed by atoms with van der Waals surface area (Å²) in [5, 5.41) is 0. The van der Waals surface area contributed by atoms with Gasteiger partial charge < -0.3 is 0 Å². The Morgan fingerprint density at radius 3 is 1.91 bits per heavy atom. The quantitative estimate of drug-likeness (QED) is 0.172. The van der Waals surface area contributed by atoms with Crippen LogP contribution < -0.4 is 0 Å². The van der Waals surface area contributed by atoms with Crippen LogP contribution in [0, 0.1) is 5.92 Å². The molecule has 0 nitrogen and oxygen atoms in total. The van der Waals surface area contributed by atoms with Crippen molar-refractivity contribution in [3.05, 3.63) is 129 Å². The minimum absolute atomic E-state index is 0. The minimum Gasteiger partial charge on any atom is -0.147 e. The third kappa shape index (κ3) is 6.30. The number of hydrogen-bond donors (Lipinski definition) is 0. The first-order chi connectivity index (χ1) is 20.7. The first-order valence-electron chi connectivity index (χ1n) is 16.6. The van der Waals surface area contributed by atoms with Gasteiger partial charge in [-0.05, 0) is 0 Å². The van der Waals surface area contributed by atoms with Crippen LogP contribution in [0.4, 0.5) is 0 Å². The molecule has 0 fully saturated rings. The summed E-state index contributed by atoms with van der Waals surface area (Å²) in [5.74, 6) is 0.507. The molecule has 0 N–H and O–H groups in total. The molecule has 2 atom stereocenters. The van der Waals surface area contributed by atoms with Gasteiger partial charge in [0, 0.05) is 0 Å². The smallest absolute Gasteiger partial charge is 0.147 e. The Balaban J connectivity index is 0.00000240. The Morgan fingerprint density at radius 2 is 1.33 bits per heavy atom. The summed E-state index contributed by atoms with van der Waals surface area (Å²) >= 11 is -3.67. The number of rotatable bonds is 6. The van der Waals surface area contributed by atoms with Gasteiger partial charge in [0.2, 0.25) is 0 Å². The SMILES string of the molecule is CCc1cc(-c2ccccc2)c2c(c1)[CH]([Zr]([CH3])([CH3])(=[SiH2])[CH]1C(C(C)C)=Cc3c(-c4ccc(C(C)(C)C)cc4)cccc31)C(C)=C2.Cl.Cl. The van der Waals surface area contributed by atoms with E-state index in [1.807, 2.05) is 0 Å². The van der Waals surface area contributed by atoms with Gasteiger partial charge in [-0.2, -0.15) is 0 Å². The van der Waals surface area contributed by atoms with Gasteiger partial charge in [-0.1, -0.05) is 0 Å². The molecule has 46 heavy (non-hydrogen) atoms. The second-order valence-corrected chi connectivity index (χ2v) is 46.5. The zero-order chi connectivity index (χ0) is 31.6. The average Bonchev–Trinajstić information content (AvgIpc) is 3.56. The summed E-state index contributed by atoms with van der Waals surface area (Å²) in [6.07, 6.45) is 6.22. The molecule has 0 radical (unpaired) electrons. The van der Waals surface area contributed by atoms with E-state index in [9.17, 15) is 0 Å². The molecule has 0 saturated heterocycles. The second-order valence-electron chi connectivity index (χ2n) is 16.0. The van der Waals surface area contributed by atoms with Crippen LogP contribution in [0.15, 0.2) is 96.1 Å². The molecular formula is C42H52Cl2SiZr. The van der Waals surface area contributed by atoms with Gasteiger partial charge in [-0.3, -0.25) is 0 Å².